The van der Waals surface area contributed by atoms with Gasteiger partial charge in [0.25, 0.3) is 0 Å². The average Bonchev–Trinajstić information content (AvgIpc) is 2.15. The van der Waals surface area contributed by atoms with E-state index in [-0.39, 0.29) is 5.82 Å². The number of aromatic carboxylic acids is 1. The van der Waals surface area contributed by atoms with Crippen molar-refractivity contribution < 1.29 is 19.8 Å². The van der Waals surface area contributed by atoms with Crippen molar-refractivity contribution in [3.8, 4) is 0 Å². The summed E-state index contributed by atoms with van der Waals surface area (Å²) < 4.78 is 0. The third-order valence-corrected chi connectivity index (χ3v) is 1.28. The van der Waals surface area contributed by atoms with Crippen LogP contribution < -0.4 is 0 Å². The normalized spacial score (nSPS) is 10.3. The van der Waals surface area contributed by atoms with Crippen molar-refractivity contribution in [2.24, 2.45) is 0 Å². The first-order valence-corrected chi connectivity index (χ1v) is 3.56. The molecule has 0 aliphatic heterocycles. The third kappa shape index (κ3) is 2.67. The minimum absolute atomic E-state index is 0.322. The van der Waals surface area contributed by atoms with Crippen molar-refractivity contribution in [2.75, 3.05) is 0 Å². The number of aromatic nitrogens is 2. The summed E-state index contributed by atoms with van der Waals surface area (Å²) in [5.41, 5.74) is 0.428. The van der Waals surface area contributed by atoms with E-state index in [1.54, 1.807) is 0 Å². The lowest BCUT2D eigenvalue weighted by Gasteiger charge is -1.92. The Labute approximate surface area is 78.6 Å². The Hall–Kier alpha value is -2.24. The molecule has 0 amide bonds. The summed E-state index contributed by atoms with van der Waals surface area (Å²) in [5.74, 6) is -2.64. The fraction of sp³-hybridized carbons (Fsp3) is 0. The number of carboxylic acids is 2. The fourth-order valence-corrected chi connectivity index (χ4v) is 0.702. The molecule has 0 atom stereocenters. The van der Waals surface area contributed by atoms with Crippen LogP contribution in [0.4, 0.5) is 0 Å². The van der Waals surface area contributed by atoms with Gasteiger partial charge in [-0.15, -0.1) is 0 Å². The molecule has 0 aromatic carbocycles. The van der Waals surface area contributed by atoms with Crippen LogP contribution in [0, 0.1) is 0 Å². The van der Waals surface area contributed by atoms with Gasteiger partial charge in [0.1, 0.15) is 0 Å². The molecule has 1 heterocycles. The summed E-state index contributed by atoms with van der Waals surface area (Å²) in [6.07, 6.45) is 4.65. The maximum Gasteiger partial charge on any atom is 0.373 e. The highest BCUT2D eigenvalue weighted by molar-refractivity contribution is 5.85. The maximum atomic E-state index is 10.3. The van der Waals surface area contributed by atoms with Crippen LogP contribution >= 0.6 is 0 Å². The first kappa shape index (κ1) is 9.85. The number of carboxylic acid groups (broad SMARTS) is 2. The molecule has 2 N–H and O–H groups in total. The van der Waals surface area contributed by atoms with E-state index in [1.807, 2.05) is 0 Å². The highest BCUT2D eigenvalue weighted by Gasteiger charge is 2.04. The van der Waals surface area contributed by atoms with Crippen LogP contribution in [0.15, 0.2) is 18.5 Å². The van der Waals surface area contributed by atoms with Gasteiger partial charge >= 0.3 is 11.9 Å². The highest BCUT2D eigenvalue weighted by atomic mass is 16.4. The number of rotatable bonds is 3. The smallest absolute Gasteiger partial charge is 0.373 e. The van der Waals surface area contributed by atoms with Crippen LogP contribution in [0.3, 0.4) is 0 Å². The van der Waals surface area contributed by atoms with Crippen LogP contribution in [-0.2, 0) is 4.79 Å². The summed E-state index contributed by atoms with van der Waals surface area (Å²) in [5, 5.41) is 16.8. The molecule has 0 saturated carbocycles. The fourth-order valence-electron chi connectivity index (χ4n) is 0.702. The Morgan fingerprint density at radius 2 is 1.79 bits per heavy atom. The third-order valence-electron chi connectivity index (χ3n) is 1.28. The van der Waals surface area contributed by atoms with Gasteiger partial charge in [-0.2, -0.15) is 0 Å². The van der Waals surface area contributed by atoms with Gasteiger partial charge in [0.05, 0.1) is 0 Å². The molecule has 1 aromatic rings. The molecule has 0 radical (unpaired) electrons. The van der Waals surface area contributed by atoms with Crippen LogP contribution in [0.1, 0.15) is 16.2 Å². The zero-order valence-electron chi connectivity index (χ0n) is 6.91. The number of hydrogen-bond donors (Lipinski definition) is 2. The number of aliphatic carboxylic acids is 1. The van der Waals surface area contributed by atoms with E-state index in [0.717, 1.165) is 6.08 Å². The molecule has 1 rings (SSSR count). The van der Waals surface area contributed by atoms with Gasteiger partial charge in [-0.3, -0.25) is 0 Å². The Kier molecular flexibility index (Phi) is 2.90. The van der Waals surface area contributed by atoms with Crippen molar-refractivity contribution >= 4 is 18.0 Å². The summed E-state index contributed by atoms with van der Waals surface area (Å²) in [4.78, 5) is 27.5. The standard InChI is InChI=1S/C8H6N2O4/c11-6(12)2-1-5-3-9-7(8(13)14)10-4-5/h1-4H,(H,11,12)(H,13,14)/b2-1+. The molecule has 6 heteroatoms. The lowest BCUT2D eigenvalue weighted by Crippen LogP contribution is -2.03. The van der Waals surface area contributed by atoms with Crippen molar-refractivity contribution in [3.63, 3.8) is 0 Å². The summed E-state index contributed by atoms with van der Waals surface area (Å²) in [6, 6.07) is 0. The van der Waals surface area contributed by atoms with Crippen molar-refractivity contribution in [1.29, 1.82) is 0 Å². The minimum atomic E-state index is -1.22. The highest BCUT2D eigenvalue weighted by Crippen LogP contribution is 1.98. The zero-order chi connectivity index (χ0) is 10.6. The number of nitrogens with zero attached hydrogens (tertiary/aromatic N) is 2. The number of carbonyl (C=O) groups is 2. The van der Waals surface area contributed by atoms with Gasteiger partial charge in [-0.25, -0.2) is 19.6 Å². The molecule has 0 bridgehead atoms. The monoisotopic (exact) mass is 194 g/mol. The second-order valence-corrected chi connectivity index (χ2v) is 2.32. The van der Waals surface area contributed by atoms with Gasteiger partial charge in [-0.1, -0.05) is 0 Å². The molecule has 0 unspecified atom stereocenters. The molecule has 0 saturated heterocycles. The van der Waals surface area contributed by atoms with E-state index in [2.05, 4.69) is 9.97 Å². The van der Waals surface area contributed by atoms with Crippen LogP contribution in [-0.4, -0.2) is 32.1 Å². The SMILES string of the molecule is O=C(O)/C=C/c1cnc(C(=O)O)nc1. The first-order valence-electron chi connectivity index (χ1n) is 3.56. The van der Waals surface area contributed by atoms with E-state index >= 15 is 0 Å². The van der Waals surface area contributed by atoms with E-state index in [9.17, 15) is 9.59 Å². The molecule has 0 aliphatic carbocycles. The van der Waals surface area contributed by atoms with Crippen molar-refractivity contribution in [2.45, 2.75) is 0 Å². The number of hydrogen-bond acceptors (Lipinski definition) is 4. The minimum Gasteiger partial charge on any atom is -0.478 e. The molecule has 0 spiro atoms. The maximum absolute atomic E-state index is 10.3. The molecule has 72 valence electrons. The average molecular weight is 194 g/mol. The summed E-state index contributed by atoms with van der Waals surface area (Å²) in [7, 11) is 0. The molecule has 6 nitrogen and oxygen atoms in total. The summed E-state index contributed by atoms with van der Waals surface area (Å²) >= 11 is 0. The largest absolute Gasteiger partial charge is 0.478 e. The van der Waals surface area contributed by atoms with E-state index in [1.165, 1.54) is 18.5 Å². The second kappa shape index (κ2) is 4.13. The van der Waals surface area contributed by atoms with Crippen LogP contribution in [0.25, 0.3) is 6.08 Å². The molecule has 14 heavy (non-hydrogen) atoms. The predicted octanol–water partition coefficient (Wildman–Crippen LogP) is 0.273. The summed E-state index contributed by atoms with van der Waals surface area (Å²) in [6.45, 7) is 0. The van der Waals surface area contributed by atoms with Crippen LogP contribution in [0.5, 0.6) is 0 Å². The van der Waals surface area contributed by atoms with Crippen molar-refractivity contribution in [3.05, 3.63) is 29.9 Å². The Bertz CT molecular complexity index is 383. The molecule has 0 fully saturated rings. The molecule has 0 aliphatic rings. The second-order valence-electron chi connectivity index (χ2n) is 2.32. The lowest BCUT2D eigenvalue weighted by molar-refractivity contribution is -0.131. The van der Waals surface area contributed by atoms with Gasteiger partial charge in [-0.05, 0) is 6.08 Å². The topological polar surface area (TPSA) is 100 Å². The zero-order valence-corrected chi connectivity index (χ0v) is 6.91. The molecular formula is C8H6N2O4. The van der Waals surface area contributed by atoms with E-state index in [4.69, 9.17) is 10.2 Å². The van der Waals surface area contributed by atoms with Crippen LogP contribution in [0.2, 0.25) is 0 Å². The Morgan fingerprint density at radius 1 is 1.21 bits per heavy atom. The van der Waals surface area contributed by atoms with Gasteiger partial charge in [0.2, 0.25) is 5.82 Å². The van der Waals surface area contributed by atoms with Gasteiger partial charge < -0.3 is 10.2 Å². The first-order chi connectivity index (χ1) is 6.59. The molecule has 1 aromatic heterocycles. The lowest BCUT2D eigenvalue weighted by atomic mass is 10.3. The van der Waals surface area contributed by atoms with E-state index < -0.39 is 11.9 Å². The Morgan fingerprint density at radius 3 is 2.21 bits per heavy atom. The quantitative estimate of drug-likeness (QED) is 0.670. The molecular weight excluding hydrogens is 188 g/mol. The van der Waals surface area contributed by atoms with E-state index in [0.29, 0.717) is 5.56 Å². The van der Waals surface area contributed by atoms with Crippen molar-refractivity contribution in [1.82, 2.24) is 9.97 Å². The van der Waals surface area contributed by atoms with Gasteiger partial charge in [0.15, 0.2) is 0 Å². The predicted molar refractivity (Wildman–Crippen MR) is 45.7 cm³/mol. The Balaban J connectivity index is 2.83. The van der Waals surface area contributed by atoms with Gasteiger partial charge in [0, 0.05) is 24.0 Å².